The number of ether oxygens (including phenoxy) is 1. The SMILES string of the molecule is Cc1cccc(OCc2ccc(C)c(C(=O)O)c2)c1. The zero-order valence-corrected chi connectivity index (χ0v) is 11.0. The molecule has 0 heterocycles. The van der Waals surface area contributed by atoms with Crippen molar-refractivity contribution in [1.82, 2.24) is 0 Å². The molecule has 0 aliphatic heterocycles. The summed E-state index contributed by atoms with van der Waals surface area (Å²) in [6, 6.07) is 13.1. The lowest BCUT2D eigenvalue weighted by Gasteiger charge is -2.08. The molecule has 0 radical (unpaired) electrons. The normalized spacial score (nSPS) is 10.2. The summed E-state index contributed by atoms with van der Waals surface area (Å²) in [5, 5.41) is 9.07. The molecule has 0 aromatic heterocycles. The number of rotatable bonds is 4. The van der Waals surface area contributed by atoms with Gasteiger partial charge in [0.1, 0.15) is 12.4 Å². The van der Waals surface area contributed by atoms with Gasteiger partial charge in [0.05, 0.1) is 5.56 Å². The molecule has 0 fully saturated rings. The van der Waals surface area contributed by atoms with Crippen LogP contribution in [-0.4, -0.2) is 11.1 Å². The van der Waals surface area contributed by atoms with E-state index in [1.54, 1.807) is 19.1 Å². The number of benzene rings is 2. The molecule has 0 saturated carbocycles. The van der Waals surface area contributed by atoms with Crippen LogP contribution in [0.25, 0.3) is 0 Å². The molecular formula is C16H16O3. The van der Waals surface area contributed by atoms with Gasteiger partial charge in [-0.15, -0.1) is 0 Å². The Bertz CT molecular complexity index is 603. The third-order valence-corrected chi connectivity index (χ3v) is 2.93. The second-order valence-electron chi connectivity index (χ2n) is 4.56. The maximum absolute atomic E-state index is 11.1. The van der Waals surface area contributed by atoms with Crippen LogP contribution in [0.4, 0.5) is 0 Å². The summed E-state index contributed by atoms with van der Waals surface area (Å²) in [7, 11) is 0. The summed E-state index contributed by atoms with van der Waals surface area (Å²) in [6.07, 6.45) is 0. The maximum Gasteiger partial charge on any atom is 0.335 e. The van der Waals surface area contributed by atoms with Gasteiger partial charge in [-0.1, -0.05) is 24.3 Å². The van der Waals surface area contributed by atoms with Crippen LogP contribution < -0.4 is 4.74 Å². The lowest BCUT2D eigenvalue weighted by atomic mass is 10.1. The van der Waals surface area contributed by atoms with Crippen molar-refractivity contribution in [3.8, 4) is 5.75 Å². The van der Waals surface area contributed by atoms with E-state index < -0.39 is 5.97 Å². The molecule has 0 saturated heterocycles. The summed E-state index contributed by atoms with van der Waals surface area (Å²) in [6.45, 7) is 4.15. The standard InChI is InChI=1S/C16H16O3/c1-11-4-3-5-14(8-11)19-10-13-7-6-12(2)15(9-13)16(17)18/h3-9H,10H2,1-2H3,(H,17,18). The Hall–Kier alpha value is -2.29. The predicted molar refractivity (Wildman–Crippen MR) is 73.6 cm³/mol. The van der Waals surface area contributed by atoms with Crippen LogP contribution in [0.15, 0.2) is 42.5 Å². The van der Waals surface area contributed by atoms with Gasteiger partial charge in [-0.05, 0) is 48.7 Å². The molecule has 1 N–H and O–H groups in total. The zero-order chi connectivity index (χ0) is 13.8. The summed E-state index contributed by atoms with van der Waals surface area (Å²) >= 11 is 0. The van der Waals surface area contributed by atoms with Gasteiger partial charge in [-0.3, -0.25) is 0 Å². The van der Waals surface area contributed by atoms with Crippen molar-refractivity contribution >= 4 is 5.97 Å². The highest BCUT2D eigenvalue weighted by Crippen LogP contribution is 2.16. The third kappa shape index (κ3) is 3.35. The molecular weight excluding hydrogens is 240 g/mol. The van der Waals surface area contributed by atoms with Crippen molar-refractivity contribution in [2.75, 3.05) is 0 Å². The number of hydrogen-bond acceptors (Lipinski definition) is 2. The molecule has 98 valence electrons. The van der Waals surface area contributed by atoms with Gasteiger partial charge in [-0.25, -0.2) is 4.79 Å². The molecule has 2 aromatic carbocycles. The first-order chi connectivity index (χ1) is 9.06. The van der Waals surface area contributed by atoms with Crippen molar-refractivity contribution < 1.29 is 14.6 Å². The van der Waals surface area contributed by atoms with E-state index in [0.717, 1.165) is 22.4 Å². The van der Waals surface area contributed by atoms with E-state index >= 15 is 0 Å². The molecule has 0 aliphatic carbocycles. The number of aromatic carboxylic acids is 1. The fraction of sp³-hybridized carbons (Fsp3) is 0.188. The molecule has 2 rings (SSSR count). The van der Waals surface area contributed by atoms with Crippen molar-refractivity contribution in [1.29, 1.82) is 0 Å². The lowest BCUT2D eigenvalue weighted by Crippen LogP contribution is -2.03. The molecule has 0 unspecified atom stereocenters. The minimum atomic E-state index is -0.907. The zero-order valence-electron chi connectivity index (χ0n) is 11.0. The third-order valence-electron chi connectivity index (χ3n) is 2.93. The fourth-order valence-corrected chi connectivity index (χ4v) is 1.86. The number of carbonyl (C=O) groups is 1. The van der Waals surface area contributed by atoms with Gasteiger partial charge >= 0.3 is 5.97 Å². The van der Waals surface area contributed by atoms with Crippen LogP contribution in [-0.2, 0) is 6.61 Å². The molecule has 0 atom stereocenters. The Morgan fingerprint density at radius 1 is 1.16 bits per heavy atom. The summed E-state index contributed by atoms with van der Waals surface area (Å²) in [4.78, 5) is 11.1. The van der Waals surface area contributed by atoms with E-state index in [9.17, 15) is 4.79 Å². The van der Waals surface area contributed by atoms with Crippen molar-refractivity contribution in [3.63, 3.8) is 0 Å². The number of aryl methyl sites for hydroxylation is 2. The van der Waals surface area contributed by atoms with Crippen LogP contribution in [0.5, 0.6) is 5.75 Å². The van der Waals surface area contributed by atoms with Gasteiger partial charge in [0, 0.05) is 0 Å². The van der Waals surface area contributed by atoms with Gasteiger partial charge in [0.2, 0.25) is 0 Å². The Labute approximate surface area is 112 Å². The smallest absolute Gasteiger partial charge is 0.335 e. The first-order valence-electron chi connectivity index (χ1n) is 6.08. The number of carboxylic acid groups (broad SMARTS) is 1. The van der Waals surface area contributed by atoms with Gasteiger partial charge in [-0.2, -0.15) is 0 Å². The van der Waals surface area contributed by atoms with Gasteiger partial charge in [0.25, 0.3) is 0 Å². The lowest BCUT2D eigenvalue weighted by molar-refractivity contribution is 0.0696. The van der Waals surface area contributed by atoms with Crippen molar-refractivity contribution in [2.45, 2.75) is 20.5 Å². The van der Waals surface area contributed by atoms with Crippen LogP contribution in [0.3, 0.4) is 0 Å². The highest BCUT2D eigenvalue weighted by Gasteiger charge is 2.08. The average Bonchev–Trinajstić information content (AvgIpc) is 2.37. The maximum atomic E-state index is 11.1. The fourth-order valence-electron chi connectivity index (χ4n) is 1.86. The molecule has 0 amide bonds. The Morgan fingerprint density at radius 3 is 2.63 bits per heavy atom. The summed E-state index contributed by atoms with van der Waals surface area (Å²) < 4.78 is 5.65. The van der Waals surface area contributed by atoms with E-state index in [1.165, 1.54) is 0 Å². The van der Waals surface area contributed by atoms with Crippen LogP contribution >= 0.6 is 0 Å². The second kappa shape index (κ2) is 5.57. The second-order valence-corrected chi connectivity index (χ2v) is 4.56. The van der Waals surface area contributed by atoms with Crippen LogP contribution in [0.2, 0.25) is 0 Å². The molecule has 0 spiro atoms. The topological polar surface area (TPSA) is 46.5 Å². The largest absolute Gasteiger partial charge is 0.489 e. The number of hydrogen-bond donors (Lipinski definition) is 1. The van der Waals surface area contributed by atoms with Crippen molar-refractivity contribution in [2.24, 2.45) is 0 Å². The molecule has 3 heteroatoms. The summed E-state index contributed by atoms with van der Waals surface area (Å²) in [5.41, 5.74) is 3.06. The van der Waals surface area contributed by atoms with E-state index in [2.05, 4.69) is 0 Å². The molecule has 2 aromatic rings. The highest BCUT2D eigenvalue weighted by molar-refractivity contribution is 5.89. The molecule has 3 nitrogen and oxygen atoms in total. The van der Waals surface area contributed by atoms with Crippen molar-refractivity contribution in [3.05, 3.63) is 64.7 Å². The average molecular weight is 256 g/mol. The van der Waals surface area contributed by atoms with Crippen LogP contribution in [0, 0.1) is 13.8 Å². The summed E-state index contributed by atoms with van der Waals surface area (Å²) in [5.74, 6) is -0.118. The quantitative estimate of drug-likeness (QED) is 0.909. The van der Waals surface area contributed by atoms with E-state index in [1.807, 2.05) is 37.3 Å². The predicted octanol–water partition coefficient (Wildman–Crippen LogP) is 3.58. The highest BCUT2D eigenvalue weighted by atomic mass is 16.5. The van der Waals surface area contributed by atoms with Gasteiger partial charge in [0.15, 0.2) is 0 Å². The first-order valence-corrected chi connectivity index (χ1v) is 6.08. The van der Waals surface area contributed by atoms with E-state index in [-0.39, 0.29) is 0 Å². The minimum Gasteiger partial charge on any atom is -0.489 e. The molecule has 0 bridgehead atoms. The van der Waals surface area contributed by atoms with E-state index in [0.29, 0.717) is 12.2 Å². The Balaban J connectivity index is 2.12. The molecule has 19 heavy (non-hydrogen) atoms. The minimum absolute atomic E-state index is 0.324. The Morgan fingerprint density at radius 2 is 1.95 bits per heavy atom. The first kappa shape index (κ1) is 13.1. The monoisotopic (exact) mass is 256 g/mol. The van der Waals surface area contributed by atoms with Gasteiger partial charge < -0.3 is 9.84 Å². The van der Waals surface area contributed by atoms with Crippen LogP contribution in [0.1, 0.15) is 27.0 Å². The number of carboxylic acids is 1. The molecule has 0 aliphatic rings. The van der Waals surface area contributed by atoms with E-state index in [4.69, 9.17) is 9.84 Å². The Kier molecular flexibility index (Phi) is 3.85.